The van der Waals surface area contributed by atoms with Crippen molar-refractivity contribution in [3.8, 4) is 0 Å². The first-order valence-corrected chi connectivity index (χ1v) is 7.95. The van der Waals surface area contributed by atoms with E-state index in [9.17, 15) is 4.79 Å². The fourth-order valence-corrected chi connectivity index (χ4v) is 2.52. The van der Waals surface area contributed by atoms with Crippen molar-refractivity contribution >= 4 is 6.16 Å². The van der Waals surface area contributed by atoms with Gasteiger partial charge in [0.05, 0.1) is 24.4 Å². The molecule has 0 aromatic rings. The van der Waals surface area contributed by atoms with Gasteiger partial charge in [0.15, 0.2) is 6.10 Å². The Balaban J connectivity index is 2.25. The Morgan fingerprint density at radius 1 is 1.33 bits per heavy atom. The Labute approximate surface area is 128 Å². The van der Waals surface area contributed by atoms with Crippen LogP contribution in [0.15, 0.2) is 0 Å². The zero-order valence-electron chi connectivity index (χ0n) is 14.0. The minimum atomic E-state index is -0.608. The normalized spacial score (nSPS) is 21.8. The molecule has 5 nitrogen and oxygen atoms in total. The number of rotatable bonds is 10. The summed E-state index contributed by atoms with van der Waals surface area (Å²) < 4.78 is 21.5. The Morgan fingerprint density at radius 3 is 2.62 bits per heavy atom. The van der Waals surface area contributed by atoms with Crippen LogP contribution in [0.3, 0.4) is 0 Å². The minimum Gasteiger partial charge on any atom is -0.430 e. The maximum Gasteiger partial charge on any atom is 0.508 e. The highest BCUT2D eigenvalue weighted by molar-refractivity contribution is 5.61. The largest absolute Gasteiger partial charge is 0.508 e. The number of hydrogen-bond acceptors (Lipinski definition) is 5. The first kappa shape index (κ1) is 18.2. The van der Waals surface area contributed by atoms with Crippen LogP contribution in [-0.2, 0) is 18.9 Å². The molecule has 0 spiro atoms. The van der Waals surface area contributed by atoms with Crippen LogP contribution in [0.4, 0.5) is 4.79 Å². The van der Waals surface area contributed by atoms with Gasteiger partial charge in [-0.05, 0) is 34.1 Å². The van der Waals surface area contributed by atoms with Crippen molar-refractivity contribution in [2.75, 3.05) is 13.2 Å². The molecule has 1 aliphatic rings. The summed E-state index contributed by atoms with van der Waals surface area (Å²) in [4.78, 5) is 10.8. The van der Waals surface area contributed by atoms with E-state index in [4.69, 9.17) is 18.9 Å². The van der Waals surface area contributed by atoms with Gasteiger partial charge in [0.1, 0.15) is 6.61 Å². The third kappa shape index (κ3) is 7.67. The molecule has 1 rings (SSSR count). The number of carbonyl (C=O) groups is 1. The van der Waals surface area contributed by atoms with E-state index in [1.54, 1.807) is 0 Å². The maximum atomic E-state index is 10.8. The Kier molecular flexibility index (Phi) is 7.46. The van der Waals surface area contributed by atoms with E-state index in [0.29, 0.717) is 6.61 Å². The number of unbranched alkanes of at least 4 members (excludes halogenated alkanes) is 1. The van der Waals surface area contributed by atoms with Crippen LogP contribution >= 0.6 is 0 Å². The van der Waals surface area contributed by atoms with Gasteiger partial charge < -0.3 is 18.9 Å². The summed E-state index contributed by atoms with van der Waals surface area (Å²) in [6, 6.07) is 0. The Hall–Kier alpha value is -0.810. The topological polar surface area (TPSA) is 54.0 Å². The number of cyclic esters (lactones) is 2. The second-order valence-electron chi connectivity index (χ2n) is 6.48. The van der Waals surface area contributed by atoms with Crippen molar-refractivity contribution in [2.45, 2.75) is 84.2 Å². The number of hydrogen-bond donors (Lipinski definition) is 0. The van der Waals surface area contributed by atoms with Gasteiger partial charge in [-0.15, -0.1) is 0 Å². The molecular formula is C16H30O5. The standard InChI is InChI=1S/C16H30O5/c1-6-7-8-12(2)20-13(3)9-16(4,5)19-11-14-10-18-15(17)21-14/h12-14H,6-11H2,1-5H3. The average molecular weight is 302 g/mol. The molecule has 3 unspecified atom stereocenters. The maximum absolute atomic E-state index is 10.8. The van der Waals surface area contributed by atoms with Gasteiger partial charge >= 0.3 is 6.16 Å². The molecule has 124 valence electrons. The van der Waals surface area contributed by atoms with E-state index in [2.05, 4.69) is 20.8 Å². The van der Waals surface area contributed by atoms with Gasteiger partial charge in [-0.1, -0.05) is 19.8 Å². The molecule has 0 radical (unpaired) electrons. The molecule has 1 heterocycles. The Bertz CT molecular complexity index is 316. The molecule has 3 atom stereocenters. The van der Waals surface area contributed by atoms with E-state index < -0.39 is 6.16 Å². The van der Waals surface area contributed by atoms with Gasteiger partial charge in [-0.3, -0.25) is 0 Å². The first-order valence-electron chi connectivity index (χ1n) is 7.95. The van der Waals surface area contributed by atoms with Crippen molar-refractivity contribution in [3.05, 3.63) is 0 Å². The van der Waals surface area contributed by atoms with Crippen molar-refractivity contribution in [1.29, 1.82) is 0 Å². The van der Waals surface area contributed by atoms with E-state index in [-0.39, 0.29) is 30.5 Å². The van der Waals surface area contributed by atoms with Crippen LogP contribution in [-0.4, -0.2) is 43.3 Å². The van der Waals surface area contributed by atoms with Gasteiger partial charge in [0.2, 0.25) is 0 Å². The molecule has 0 aromatic heterocycles. The molecule has 0 saturated carbocycles. The average Bonchev–Trinajstić information content (AvgIpc) is 2.79. The zero-order valence-corrected chi connectivity index (χ0v) is 14.0. The van der Waals surface area contributed by atoms with Crippen molar-refractivity contribution < 1.29 is 23.7 Å². The SMILES string of the molecule is CCCCC(C)OC(C)CC(C)(C)OCC1COC(=O)O1. The van der Waals surface area contributed by atoms with E-state index >= 15 is 0 Å². The highest BCUT2D eigenvalue weighted by Gasteiger charge is 2.29. The van der Waals surface area contributed by atoms with Crippen LogP contribution in [0.5, 0.6) is 0 Å². The summed E-state index contributed by atoms with van der Waals surface area (Å²) >= 11 is 0. The molecule has 0 bridgehead atoms. The second kappa shape index (κ2) is 8.59. The first-order chi connectivity index (χ1) is 9.82. The van der Waals surface area contributed by atoms with Gasteiger partial charge in [0.25, 0.3) is 0 Å². The van der Waals surface area contributed by atoms with Crippen LogP contribution < -0.4 is 0 Å². The molecule has 1 saturated heterocycles. The van der Waals surface area contributed by atoms with Gasteiger partial charge in [-0.25, -0.2) is 4.79 Å². The second-order valence-corrected chi connectivity index (χ2v) is 6.48. The summed E-state index contributed by atoms with van der Waals surface area (Å²) in [5, 5.41) is 0. The molecule has 1 fully saturated rings. The molecule has 0 aliphatic carbocycles. The third-order valence-corrected chi connectivity index (χ3v) is 3.52. The molecule has 5 heteroatoms. The lowest BCUT2D eigenvalue weighted by molar-refractivity contribution is -0.0932. The van der Waals surface area contributed by atoms with E-state index in [1.165, 1.54) is 12.8 Å². The number of carbonyl (C=O) groups excluding carboxylic acids is 1. The van der Waals surface area contributed by atoms with E-state index in [0.717, 1.165) is 12.8 Å². The quantitative estimate of drug-likeness (QED) is 0.576. The molecule has 1 aliphatic heterocycles. The zero-order chi connectivity index (χ0) is 15.9. The fraction of sp³-hybridized carbons (Fsp3) is 0.938. The highest BCUT2D eigenvalue weighted by Crippen LogP contribution is 2.21. The lowest BCUT2D eigenvalue weighted by Gasteiger charge is -2.30. The van der Waals surface area contributed by atoms with Crippen LogP contribution in [0.2, 0.25) is 0 Å². The smallest absolute Gasteiger partial charge is 0.430 e. The third-order valence-electron chi connectivity index (χ3n) is 3.52. The van der Waals surface area contributed by atoms with Crippen LogP contribution in [0, 0.1) is 0 Å². The van der Waals surface area contributed by atoms with E-state index in [1.807, 2.05) is 13.8 Å². The lowest BCUT2D eigenvalue weighted by atomic mass is 10.0. The summed E-state index contributed by atoms with van der Waals surface area (Å²) in [5.74, 6) is 0. The monoisotopic (exact) mass is 302 g/mol. The van der Waals surface area contributed by atoms with Gasteiger partial charge in [0, 0.05) is 6.42 Å². The fourth-order valence-electron chi connectivity index (χ4n) is 2.52. The molecule has 0 aromatic carbocycles. The Morgan fingerprint density at radius 2 is 2.05 bits per heavy atom. The van der Waals surface area contributed by atoms with Crippen LogP contribution in [0.1, 0.15) is 60.3 Å². The predicted octanol–water partition coefficient (Wildman–Crippen LogP) is 3.69. The highest BCUT2D eigenvalue weighted by atomic mass is 16.8. The molecule has 0 amide bonds. The van der Waals surface area contributed by atoms with Crippen molar-refractivity contribution in [3.63, 3.8) is 0 Å². The minimum absolute atomic E-state index is 0.134. The van der Waals surface area contributed by atoms with Crippen molar-refractivity contribution in [1.82, 2.24) is 0 Å². The van der Waals surface area contributed by atoms with Crippen molar-refractivity contribution in [2.24, 2.45) is 0 Å². The van der Waals surface area contributed by atoms with Crippen LogP contribution in [0.25, 0.3) is 0 Å². The summed E-state index contributed by atoms with van der Waals surface area (Å²) in [7, 11) is 0. The predicted molar refractivity (Wildman–Crippen MR) is 80.4 cm³/mol. The molecule has 21 heavy (non-hydrogen) atoms. The molecular weight excluding hydrogens is 272 g/mol. The lowest BCUT2D eigenvalue weighted by Crippen LogP contribution is -2.34. The van der Waals surface area contributed by atoms with Gasteiger partial charge in [-0.2, -0.15) is 0 Å². The molecule has 0 N–H and O–H groups in total. The summed E-state index contributed by atoms with van der Waals surface area (Å²) in [6.45, 7) is 11.1. The number of ether oxygens (including phenoxy) is 4. The summed E-state index contributed by atoms with van der Waals surface area (Å²) in [5.41, 5.74) is -0.321. The summed E-state index contributed by atoms with van der Waals surface area (Å²) in [6.07, 6.45) is 3.79.